The number of carbonyl (C=O) groups is 1. The summed E-state index contributed by atoms with van der Waals surface area (Å²) in [5.41, 5.74) is 0.320. The van der Waals surface area contributed by atoms with Crippen molar-refractivity contribution in [2.24, 2.45) is 0 Å². The molecule has 19 heavy (non-hydrogen) atoms. The summed E-state index contributed by atoms with van der Waals surface area (Å²) < 4.78 is 0. The molecule has 1 aromatic carbocycles. The van der Waals surface area contributed by atoms with Gasteiger partial charge < -0.3 is 10.2 Å². The van der Waals surface area contributed by atoms with Crippen molar-refractivity contribution in [3.63, 3.8) is 0 Å². The molecule has 0 aliphatic heterocycles. The number of anilines is 1. The van der Waals surface area contributed by atoms with Gasteiger partial charge in [0.2, 0.25) is 0 Å². The van der Waals surface area contributed by atoms with E-state index in [-0.39, 0.29) is 17.2 Å². The zero-order valence-corrected chi connectivity index (χ0v) is 11.5. The minimum Gasteiger partial charge on any atom is -0.383 e. The van der Waals surface area contributed by atoms with Crippen LogP contribution >= 0.6 is 0 Å². The van der Waals surface area contributed by atoms with E-state index in [0.29, 0.717) is 18.8 Å². The largest absolute Gasteiger partial charge is 0.383 e. The molecule has 1 amide bonds. The van der Waals surface area contributed by atoms with Crippen LogP contribution < -0.4 is 5.32 Å². The van der Waals surface area contributed by atoms with Gasteiger partial charge >= 0.3 is 5.69 Å². The second-order valence-electron chi connectivity index (χ2n) is 4.09. The Bertz CT molecular complexity index is 474. The highest BCUT2D eigenvalue weighted by Crippen LogP contribution is 2.29. The van der Waals surface area contributed by atoms with Crippen LogP contribution in [0.5, 0.6) is 0 Å². The quantitative estimate of drug-likeness (QED) is 0.633. The number of rotatable bonds is 6. The molecular weight excluding hydrogens is 246 g/mol. The van der Waals surface area contributed by atoms with Gasteiger partial charge in [0.05, 0.1) is 4.92 Å². The summed E-state index contributed by atoms with van der Waals surface area (Å²) in [6.45, 7) is 4.96. The maximum Gasteiger partial charge on any atom is 0.305 e. The van der Waals surface area contributed by atoms with Crippen LogP contribution in [-0.4, -0.2) is 35.9 Å². The Labute approximate surface area is 112 Å². The van der Waals surface area contributed by atoms with Crippen LogP contribution in [0.4, 0.5) is 11.4 Å². The van der Waals surface area contributed by atoms with Gasteiger partial charge in [0.25, 0.3) is 5.91 Å². The lowest BCUT2D eigenvalue weighted by atomic mass is 10.1. The summed E-state index contributed by atoms with van der Waals surface area (Å²) in [7, 11) is 1.60. The van der Waals surface area contributed by atoms with Gasteiger partial charge in [-0.05, 0) is 25.5 Å². The molecule has 104 valence electrons. The van der Waals surface area contributed by atoms with Crippen LogP contribution in [0.3, 0.4) is 0 Å². The first kappa shape index (κ1) is 14.9. The summed E-state index contributed by atoms with van der Waals surface area (Å²) in [4.78, 5) is 24.6. The van der Waals surface area contributed by atoms with Gasteiger partial charge in [-0.3, -0.25) is 14.9 Å². The van der Waals surface area contributed by atoms with Crippen LogP contribution in [0, 0.1) is 10.1 Å². The van der Waals surface area contributed by atoms with Gasteiger partial charge in [-0.25, -0.2) is 0 Å². The van der Waals surface area contributed by atoms with Gasteiger partial charge in [0.1, 0.15) is 11.3 Å². The van der Waals surface area contributed by atoms with Crippen molar-refractivity contribution in [3.8, 4) is 0 Å². The highest BCUT2D eigenvalue weighted by Gasteiger charge is 2.26. The normalized spacial score (nSPS) is 10.1. The van der Waals surface area contributed by atoms with Crippen molar-refractivity contribution in [3.05, 3.63) is 33.9 Å². The molecule has 1 N–H and O–H groups in total. The molecule has 1 rings (SSSR count). The monoisotopic (exact) mass is 265 g/mol. The lowest BCUT2D eigenvalue weighted by Gasteiger charge is -2.20. The number of carbonyl (C=O) groups excluding carboxylic acids is 1. The minimum absolute atomic E-state index is 0.132. The highest BCUT2D eigenvalue weighted by molar-refractivity contribution is 6.00. The Morgan fingerprint density at radius 2 is 2.11 bits per heavy atom. The third-order valence-electron chi connectivity index (χ3n) is 2.88. The number of benzene rings is 1. The van der Waals surface area contributed by atoms with Crippen LogP contribution in [0.15, 0.2) is 18.2 Å². The predicted octanol–water partition coefficient (Wildman–Crippen LogP) is 2.51. The SMILES string of the molecule is CCCN(CC)C(=O)c1cccc(NC)c1[N+](=O)[O-]. The second kappa shape index (κ2) is 6.72. The molecule has 0 unspecified atom stereocenters. The molecule has 0 spiro atoms. The maximum atomic E-state index is 12.4. The molecule has 1 aromatic rings. The van der Waals surface area contributed by atoms with Crippen LogP contribution in [0.1, 0.15) is 30.6 Å². The predicted molar refractivity (Wildman–Crippen MR) is 74.5 cm³/mol. The van der Waals surface area contributed by atoms with Crippen molar-refractivity contribution in [2.75, 3.05) is 25.5 Å². The lowest BCUT2D eigenvalue weighted by Crippen LogP contribution is -2.32. The molecule has 6 heteroatoms. The molecule has 0 heterocycles. The van der Waals surface area contributed by atoms with E-state index in [4.69, 9.17) is 0 Å². The number of nitro groups is 1. The summed E-state index contributed by atoms with van der Waals surface area (Å²) in [6.07, 6.45) is 0.819. The minimum atomic E-state index is -0.515. The first-order valence-corrected chi connectivity index (χ1v) is 6.31. The third-order valence-corrected chi connectivity index (χ3v) is 2.88. The number of amides is 1. The number of para-hydroxylation sites is 1. The Hall–Kier alpha value is -2.11. The molecule has 6 nitrogen and oxygen atoms in total. The summed E-state index contributed by atoms with van der Waals surface area (Å²) >= 11 is 0. The molecule has 0 fully saturated rings. The first-order valence-electron chi connectivity index (χ1n) is 6.31. The van der Waals surface area contributed by atoms with E-state index >= 15 is 0 Å². The number of nitro benzene ring substituents is 1. The van der Waals surface area contributed by atoms with E-state index in [1.807, 2.05) is 13.8 Å². The zero-order chi connectivity index (χ0) is 14.4. The van der Waals surface area contributed by atoms with E-state index in [9.17, 15) is 14.9 Å². The van der Waals surface area contributed by atoms with Crippen LogP contribution in [0.2, 0.25) is 0 Å². The maximum absolute atomic E-state index is 12.4. The molecule has 0 bridgehead atoms. The number of hydrogen-bond donors (Lipinski definition) is 1. The average molecular weight is 265 g/mol. The van der Waals surface area contributed by atoms with E-state index in [1.54, 1.807) is 24.1 Å². The molecule has 0 atom stereocenters. The zero-order valence-electron chi connectivity index (χ0n) is 11.5. The van der Waals surface area contributed by atoms with E-state index in [1.165, 1.54) is 6.07 Å². The molecule has 0 saturated carbocycles. The summed E-state index contributed by atoms with van der Waals surface area (Å²) in [5, 5.41) is 13.9. The number of hydrogen-bond acceptors (Lipinski definition) is 4. The molecule has 0 aromatic heterocycles. The smallest absolute Gasteiger partial charge is 0.305 e. The van der Waals surface area contributed by atoms with Crippen molar-refractivity contribution < 1.29 is 9.72 Å². The van der Waals surface area contributed by atoms with Gasteiger partial charge in [-0.15, -0.1) is 0 Å². The fourth-order valence-electron chi connectivity index (χ4n) is 1.96. The molecular formula is C13H19N3O3. The van der Waals surface area contributed by atoms with Crippen molar-refractivity contribution in [1.29, 1.82) is 0 Å². The van der Waals surface area contributed by atoms with Crippen LogP contribution in [-0.2, 0) is 0 Å². The second-order valence-corrected chi connectivity index (χ2v) is 4.09. The van der Waals surface area contributed by atoms with Gasteiger partial charge in [0.15, 0.2) is 0 Å². The van der Waals surface area contributed by atoms with E-state index < -0.39 is 4.92 Å². The van der Waals surface area contributed by atoms with Gasteiger partial charge in [-0.2, -0.15) is 0 Å². The number of nitrogens with one attached hydrogen (secondary N) is 1. The fourth-order valence-corrected chi connectivity index (χ4v) is 1.96. The molecule has 0 aliphatic carbocycles. The molecule has 0 radical (unpaired) electrons. The average Bonchev–Trinajstić information content (AvgIpc) is 2.42. The van der Waals surface area contributed by atoms with E-state index in [2.05, 4.69) is 5.32 Å². The fraction of sp³-hybridized carbons (Fsp3) is 0.462. The number of nitrogens with zero attached hydrogens (tertiary/aromatic N) is 2. The molecule has 0 aliphatic rings. The van der Waals surface area contributed by atoms with Crippen molar-refractivity contribution >= 4 is 17.3 Å². The van der Waals surface area contributed by atoms with Crippen LogP contribution in [0.25, 0.3) is 0 Å². The Morgan fingerprint density at radius 1 is 1.42 bits per heavy atom. The van der Waals surface area contributed by atoms with Gasteiger partial charge in [-0.1, -0.05) is 13.0 Å². The summed E-state index contributed by atoms with van der Waals surface area (Å²) in [6, 6.07) is 4.73. The van der Waals surface area contributed by atoms with Crippen molar-refractivity contribution in [1.82, 2.24) is 4.90 Å². The third kappa shape index (κ3) is 3.21. The lowest BCUT2D eigenvalue weighted by molar-refractivity contribution is -0.384. The van der Waals surface area contributed by atoms with E-state index in [0.717, 1.165) is 6.42 Å². The van der Waals surface area contributed by atoms with Gasteiger partial charge in [0, 0.05) is 20.1 Å². The van der Waals surface area contributed by atoms with Crippen molar-refractivity contribution in [2.45, 2.75) is 20.3 Å². The highest BCUT2D eigenvalue weighted by atomic mass is 16.6. The standard InChI is InChI=1S/C13H19N3O3/c1-4-9-15(5-2)13(17)10-7-6-8-11(14-3)12(10)16(18)19/h6-8,14H,4-5,9H2,1-3H3. The first-order chi connectivity index (χ1) is 9.06. The Morgan fingerprint density at radius 3 is 2.58 bits per heavy atom. The Kier molecular flexibility index (Phi) is 5.29. The summed E-state index contributed by atoms with van der Waals surface area (Å²) in [5.74, 6) is -0.298. The Balaban J connectivity index is 3.25. The molecule has 0 saturated heterocycles. The topological polar surface area (TPSA) is 75.5 Å².